The first-order valence-corrected chi connectivity index (χ1v) is 9.42. The Labute approximate surface area is 157 Å². The van der Waals surface area contributed by atoms with E-state index in [-0.39, 0.29) is 24.9 Å². The van der Waals surface area contributed by atoms with Crippen LogP contribution in [0.5, 0.6) is 5.75 Å². The van der Waals surface area contributed by atoms with Gasteiger partial charge in [0.2, 0.25) is 0 Å². The molecule has 1 amide bonds. The number of hydrogen-bond acceptors (Lipinski definition) is 7. The molecule has 0 fully saturated rings. The van der Waals surface area contributed by atoms with E-state index in [4.69, 9.17) is 9.84 Å². The summed E-state index contributed by atoms with van der Waals surface area (Å²) in [5.74, 6) is -0.0183. The van der Waals surface area contributed by atoms with E-state index in [1.807, 2.05) is 0 Å². The summed E-state index contributed by atoms with van der Waals surface area (Å²) in [6.07, 6.45) is 0. The third-order valence-electron chi connectivity index (χ3n) is 3.38. The Morgan fingerprint density at radius 3 is 2.73 bits per heavy atom. The van der Waals surface area contributed by atoms with Gasteiger partial charge in [0.15, 0.2) is 0 Å². The number of aryl methyl sites for hydroxylation is 1. The van der Waals surface area contributed by atoms with Crippen molar-refractivity contribution in [3.63, 3.8) is 0 Å². The lowest BCUT2D eigenvalue weighted by Gasteiger charge is -2.03. The third kappa shape index (κ3) is 4.63. The number of benzene rings is 1. The number of thiazole rings is 2. The van der Waals surface area contributed by atoms with Crippen molar-refractivity contribution in [3.8, 4) is 5.75 Å². The molecule has 0 radical (unpaired) electrons. The van der Waals surface area contributed by atoms with Gasteiger partial charge in [-0.3, -0.25) is 4.79 Å². The van der Waals surface area contributed by atoms with E-state index in [1.165, 1.54) is 46.9 Å². The molecule has 136 valence electrons. The smallest absolute Gasteiger partial charge is 0.263 e. The van der Waals surface area contributed by atoms with E-state index in [0.29, 0.717) is 33.6 Å². The predicted molar refractivity (Wildman–Crippen MR) is 96.8 cm³/mol. The lowest BCUT2D eigenvalue weighted by molar-refractivity contribution is 0.0954. The summed E-state index contributed by atoms with van der Waals surface area (Å²) >= 11 is 2.64. The van der Waals surface area contributed by atoms with Gasteiger partial charge < -0.3 is 15.2 Å². The fraction of sp³-hybridized carbons (Fsp3) is 0.235. The van der Waals surface area contributed by atoms with E-state index in [2.05, 4.69) is 15.3 Å². The summed E-state index contributed by atoms with van der Waals surface area (Å²) in [6, 6.07) is 5.72. The van der Waals surface area contributed by atoms with Crippen molar-refractivity contribution in [1.29, 1.82) is 0 Å². The quantitative estimate of drug-likeness (QED) is 0.645. The van der Waals surface area contributed by atoms with Gasteiger partial charge in [0.05, 0.1) is 24.5 Å². The highest BCUT2D eigenvalue weighted by Gasteiger charge is 2.16. The van der Waals surface area contributed by atoms with Crippen LogP contribution in [0.2, 0.25) is 0 Å². The number of nitrogens with one attached hydrogen (secondary N) is 1. The molecule has 0 saturated carbocycles. The second-order valence-electron chi connectivity index (χ2n) is 5.34. The van der Waals surface area contributed by atoms with Crippen LogP contribution in [0.25, 0.3) is 0 Å². The number of amides is 1. The fourth-order valence-electron chi connectivity index (χ4n) is 2.14. The second kappa shape index (κ2) is 8.35. The molecule has 2 N–H and O–H groups in total. The summed E-state index contributed by atoms with van der Waals surface area (Å²) < 4.78 is 18.4. The zero-order valence-electron chi connectivity index (χ0n) is 13.9. The van der Waals surface area contributed by atoms with Gasteiger partial charge in [0.25, 0.3) is 5.91 Å². The average molecular weight is 393 g/mol. The normalized spacial score (nSPS) is 10.7. The van der Waals surface area contributed by atoms with Crippen LogP contribution in [0.15, 0.2) is 29.6 Å². The van der Waals surface area contributed by atoms with Crippen LogP contribution in [-0.2, 0) is 19.8 Å². The van der Waals surface area contributed by atoms with Crippen molar-refractivity contribution in [3.05, 3.63) is 61.7 Å². The molecule has 3 rings (SSSR count). The first kappa shape index (κ1) is 18.4. The molecule has 0 bridgehead atoms. The maximum atomic E-state index is 12.9. The van der Waals surface area contributed by atoms with Gasteiger partial charge >= 0.3 is 0 Å². The predicted octanol–water partition coefficient (Wildman–Crippen LogP) is 3.05. The Morgan fingerprint density at radius 1 is 1.27 bits per heavy atom. The van der Waals surface area contributed by atoms with Gasteiger partial charge in [-0.2, -0.15) is 0 Å². The van der Waals surface area contributed by atoms with Gasteiger partial charge in [-0.1, -0.05) is 0 Å². The molecule has 0 saturated heterocycles. The van der Waals surface area contributed by atoms with Crippen molar-refractivity contribution >= 4 is 28.6 Å². The molecule has 26 heavy (non-hydrogen) atoms. The van der Waals surface area contributed by atoms with Crippen molar-refractivity contribution < 1.29 is 19.0 Å². The third-order valence-corrected chi connectivity index (χ3v) is 5.41. The number of halogens is 1. The fourth-order valence-corrected chi connectivity index (χ4v) is 3.76. The van der Waals surface area contributed by atoms with Gasteiger partial charge in [-0.25, -0.2) is 14.4 Å². The van der Waals surface area contributed by atoms with E-state index < -0.39 is 0 Å². The molecule has 2 heterocycles. The minimum atomic E-state index is -0.326. The number of ether oxygens (including phenoxy) is 1. The van der Waals surface area contributed by atoms with Crippen molar-refractivity contribution in [2.24, 2.45) is 0 Å². The molecule has 2 aromatic heterocycles. The molecule has 1 aromatic carbocycles. The Bertz CT molecular complexity index is 893. The molecule has 0 aliphatic carbocycles. The van der Waals surface area contributed by atoms with Gasteiger partial charge in [-0.05, 0) is 31.2 Å². The maximum absolute atomic E-state index is 12.9. The van der Waals surface area contributed by atoms with Gasteiger partial charge in [-0.15, -0.1) is 22.7 Å². The van der Waals surface area contributed by atoms with Crippen LogP contribution in [0.4, 0.5) is 4.39 Å². The number of aliphatic hydroxyl groups is 1. The highest BCUT2D eigenvalue weighted by Crippen LogP contribution is 2.21. The highest BCUT2D eigenvalue weighted by molar-refractivity contribution is 7.13. The zero-order chi connectivity index (χ0) is 18.5. The topological polar surface area (TPSA) is 84.3 Å². The lowest BCUT2D eigenvalue weighted by atomic mass is 10.3. The number of aliphatic hydroxyl groups excluding tert-OH is 1. The summed E-state index contributed by atoms with van der Waals surface area (Å²) in [4.78, 5) is 21.4. The molecule has 0 atom stereocenters. The molecule has 0 unspecified atom stereocenters. The largest absolute Gasteiger partial charge is 0.486 e. The first-order valence-electron chi connectivity index (χ1n) is 7.72. The second-order valence-corrected chi connectivity index (χ2v) is 7.36. The van der Waals surface area contributed by atoms with E-state index in [1.54, 1.807) is 12.3 Å². The Hall–Kier alpha value is -2.36. The molecule has 0 aliphatic rings. The number of carbonyl (C=O) groups excluding carboxylic acids is 1. The van der Waals surface area contributed by atoms with Crippen LogP contribution in [-0.4, -0.2) is 21.0 Å². The van der Waals surface area contributed by atoms with E-state index in [9.17, 15) is 9.18 Å². The first-order chi connectivity index (χ1) is 12.5. The molecular formula is C17H16FN3O3S2. The number of carbonyl (C=O) groups is 1. The number of rotatable bonds is 7. The van der Waals surface area contributed by atoms with E-state index >= 15 is 0 Å². The Morgan fingerprint density at radius 2 is 2.04 bits per heavy atom. The average Bonchev–Trinajstić information content (AvgIpc) is 3.25. The molecule has 6 nitrogen and oxygen atoms in total. The zero-order valence-corrected chi connectivity index (χ0v) is 15.5. The standard InChI is InChI=1S/C17H16FN3O3S2/c1-10-16(17(23)19-6-14-21-12(7-22)9-25-14)26-15(20-10)8-24-13-4-2-11(18)3-5-13/h2-5,9,22H,6-8H2,1H3,(H,19,23). The highest BCUT2D eigenvalue weighted by atomic mass is 32.1. The molecule has 0 aliphatic heterocycles. The lowest BCUT2D eigenvalue weighted by Crippen LogP contribution is -2.22. The Balaban J connectivity index is 1.57. The number of hydrogen-bond donors (Lipinski definition) is 2. The van der Waals surface area contributed by atoms with Crippen molar-refractivity contribution in [2.75, 3.05) is 0 Å². The molecule has 9 heteroatoms. The monoisotopic (exact) mass is 393 g/mol. The van der Waals surface area contributed by atoms with E-state index in [0.717, 1.165) is 5.01 Å². The van der Waals surface area contributed by atoms with Gasteiger partial charge in [0, 0.05) is 5.38 Å². The SMILES string of the molecule is Cc1nc(COc2ccc(F)cc2)sc1C(=O)NCc1nc(CO)cs1. The minimum absolute atomic E-state index is 0.115. The van der Waals surface area contributed by atoms with Crippen LogP contribution < -0.4 is 10.1 Å². The number of nitrogens with zero attached hydrogens (tertiary/aromatic N) is 2. The minimum Gasteiger partial charge on any atom is -0.486 e. The van der Waals surface area contributed by atoms with Crippen LogP contribution in [0, 0.1) is 12.7 Å². The van der Waals surface area contributed by atoms with Crippen LogP contribution >= 0.6 is 22.7 Å². The molecular weight excluding hydrogens is 377 g/mol. The van der Waals surface area contributed by atoms with Gasteiger partial charge in [0.1, 0.15) is 33.1 Å². The maximum Gasteiger partial charge on any atom is 0.263 e. The summed E-state index contributed by atoms with van der Waals surface area (Å²) in [6.45, 7) is 2.15. The molecule has 3 aromatic rings. The van der Waals surface area contributed by atoms with Crippen LogP contribution in [0.3, 0.4) is 0 Å². The number of aromatic nitrogens is 2. The van der Waals surface area contributed by atoms with Crippen LogP contribution in [0.1, 0.15) is 31.1 Å². The Kier molecular flexibility index (Phi) is 5.92. The summed E-state index contributed by atoms with van der Waals surface area (Å²) in [7, 11) is 0. The summed E-state index contributed by atoms with van der Waals surface area (Å²) in [5, 5.41) is 15.0. The van der Waals surface area contributed by atoms with Crippen molar-refractivity contribution in [1.82, 2.24) is 15.3 Å². The summed E-state index contributed by atoms with van der Waals surface area (Å²) in [5.41, 5.74) is 1.22. The molecule has 0 spiro atoms. The van der Waals surface area contributed by atoms with Crippen molar-refractivity contribution in [2.45, 2.75) is 26.7 Å².